The molecule has 0 aliphatic heterocycles. The summed E-state index contributed by atoms with van der Waals surface area (Å²) in [5, 5.41) is 11.1. The molecule has 100 valence electrons. The van der Waals surface area contributed by atoms with Gasteiger partial charge in [-0.05, 0) is 30.5 Å². The topological polar surface area (TPSA) is 78.6 Å². The van der Waals surface area contributed by atoms with E-state index < -0.39 is 6.09 Å². The molecule has 5 nitrogen and oxygen atoms in total. The molecule has 0 saturated carbocycles. The Labute approximate surface area is 108 Å². The Balaban J connectivity index is 3.07. The van der Waals surface area contributed by atoms with Crippen LogP contribution in [0.3, 0.4) is 0 Å². The number of nitrogen functional groups attached to an aromatic ring is 1. The normalized spacial score (nSPS) is 10.5. The molecule has 0 unspecified atom stereocenters. The number of rotatable bonds is 4. The third-order valence-electron chi connectivity index (χ3n) is 2.66. The van der Waals surface area contributed by atoms with Crippen molar-refractivity contribution in [2.45, 2.75) is 20.8 Å². The summed E-state index contributed by atoms with van der Waals surface area (Å²) in [5.74, 6) is 0.530. The molecule has 0 spiro atoms. The molecule has 0 heterocycles. The van der Waals surface area contributed by atoms with Crippen LogP contribution in [0.2, 0.25) is 0 Å². The van der Waals surface area contributed by atoms with Gasteiger partial charge in [0.25, 0.3) is 0 Å². The van der Waals surface area contributed by atoms with E-state index in [1.165, 1.54) is 0 Å². The molecule has 0 aliphatic rings. The maximum Gasteiger partial charge on any atom is 0.409 e. The number of nitrogens with zero attached hydrogens (tertiary/aromatic N) is 1. The highest BCUT2D eigenvalue weighted by Gasteiger charge is 2.11. The lowest BCUT2D eigenvalue weighted by Gasteiger charge is -2.24. The van der Waals surface area contributed by atoms with Crippen LogP contribution in [0.15, 0.2) is 12.1 Å². The second-order valence-corrected chi connectivity index (χ2v) is 4.93. The van der Waals surface area contributed by atoms with Crippen LogP contribution < -0.4 is 16.0 Å². The number of hydrogen-bond donors (Lipinski definition) is 3. The molecular weight excluding hydrogens is 230 g/mol. The van der Waals surface area contributed by atoms with Gasteiger partial charge >= 0.3 is 6.09 Å². The molecular formula is C13H21N3O2. The zero-order chi connectivity index (χ0) is 13.9. The van der Waals surface area contributed by atoms with Crippen molar-refractivity contribution in [3.05, 3.63) is 17.7 Å². The van der Waals surface area contributed by atoms with Gasteiger partial charge in [0.2, 0.25) is 0 Å². The lowest BCUT2D eigenvalue weighted by atomic mass is 10.1. The summed E-state index contributed by atoms with van der Waals surface area (Å²) in [6.07, 6.45) is -1.11. The zero-order valence-corrected chi connectivity index (χ0v) is 11.3. The highest BCUT2D eigenvalue weighted by molar-refractivity contribution is 5.89. The number of carbonyl (C=O) groups is 1. The number of anilines is 3. The van der Waals surface area contributed by atoms with Gasteiger partial charge in [0.1, 0.15) is 0 Å². The minimum atomic E-state index is -1.11. The molecule has 1 amide bonds. The molecule has 4 N–H and O–H groups in total. The van der Waals surface area contributed by atoms with E-state index in [0.29, 0.717) is 17.3 Å². The van der Waals surface area contributed by atoms with Crippen LogP contribution in [0.25, 0.3) is 0 Å². The smallest absolute Gasteiger partial charge is 0.409 e. The van der Waals surface area contributed by atoms with Crippen LogP contribution in [-0.4, -0.2) is 24.8 Å². The summed E-state index contributed by atoms with van der Waals surface area (Å²) in [6, 6.07) is 3.57. The Morgan fingerprint density at radius 3 is 2.61 bits per heavy atom. The van der Waals surface area contributed by atoms with E-state index in [1.807, 2.05) is 14.0 Å². The monoisotopic (exact) mass is 251 g/mol. The van der Waals surface area contributed by atoms with Gasteiger partial charge in [0.15, 0.2) is 0 Å². The van der Waals surface area contributed by atoms with Crippen molar-refractivity contribution in [2.75, 3.05) is 29.5 Å². The van der Waals surface area contributed by atoms with Gasteiger partial charge in [-0.2, -0.15) is 0 Å². The van der Waals surface area contributed by atoms with Crippen molar-refractivity contribution in [1.29, 1.82) is 0 Å². The lowest BCUT2D eigenvalue weighted by Crippen LogP contribution is -2.23. The maximum absolute atomic E-state index is 10.7. The second-order valence-electron chi connectivity index (χ2n) is 4.93. The molecule has 1 aromatic rings. The van der Waals surface area contributed by atoms with Crippen LogP contribution >= 0.6 is 0 Å². The average Bonchev–Trinajstić information content (AvgIpc) is 2.20. The molecule has 0 radical (unpaired) electrons. The minimum Gasteiger partial charge on any atom is -0.465 e. The first kappa shape index (κ1) is 14.2. The molecule has 1 rings (SSSR count). The molecule has 0 fully saturated rings. The van der Waals surface area contributed by atoms with Crippen LogP contribution in [0.4, 0.5) is 21.9 Å². The first-order valence-corrected chi connectivity index (χ1v) is 5.92. The second kappa shape index (κ2) is 5.62. The number of benzene rings is 1. The SMILES string of the molecule is Cc1cc(N)c(NC(=O)O)cc1N(C)CC(C)C. The summed E-state index contributed by atoms with van der Waals surface area (Å²) >= 11 is 0. The molecule has 1 aromatic carbocycles. The molecule has 5 heteroatoms. The van der Waals surface area contributed by atoms with Crippen molar-refractivity contribution in [3.63, 3.8) is 0 Å². The fourth-order valence-electron chi connectivity index (χ4n) is 2.00. The predicted octanol–water partition coefficient (Wildman–Crippen LogP) is 2.76. The van der Waals surface area contributed by atoms with Gasteiger partial charge in [-0.3, -0.25) is 5.32 Å². The van der Waals surface area contributed by atoms with E-state index in [4.69, 9.17) is 10.8 Å². The number of hydrogen-bond acceptors (Lipinski definition) is 3. The van der Waals surface area contributed by atoms with Crippen molar-refractivity contribution < 1.29 is 9.90 Å². The molecule has 0 bridgehead atoms. The van der Waals surface area contributed by atoms with E-state index in [1.54, 1.807) is 12.1 Å². The van der Waals surface area contributed by atoms with Crippen molar-refractivity contribution in [2.24, 2.45) is 5.92 Å². The Morgan fingerprint density at radius 2 is 2.11 bits per heavy atom. The van der Waals surface area contributed by atoms with E-state index in [0.717, 1.165) is 17.8 Å². The third kappa shape index (κ3) is 3.55. The van der Waals surface area contributed by atoms with E-state index >= 15 is 0 Å². The molecule has 18 heavy (non-hydrogen) atoms. The molecule has 0 saturated heterocycles. The summed E-state index contributed by atoms with van der Waals surface area (Å²) in [7, 11) is 1.99. The fourth-order valence-corrected chi connectivity index (χ4v) is 2.00. The number of nitrogens with two attached hydrogens (primary N) is 1. The average molecular weight is 251 g/mol. The van der Waals surface area contributed by atoms with Crippen LogP contribution in [0.1, 0.15) is 19.4 Å². The Bertz CT molecular complexity index is 444. The highest BCUT2D eigenvalue weighted by Crippen LogP contribution is 2.29. The van der Waals surface area contributed by atoms with Crippen molar-refractivity contribution in [3.8, 4) is 0 Å². The van der Waals surface area contributed by atoms with Crippen LogP contribution in [0.5, 0.6) is 0 Å². The number of carboxylic acid groups (broad SMARTS) is 1. The van der Waals surface area contributed by atoms with Crippen LogP contribution in [-0.2, 0) is 0 Å². The quantitative estimate of drug-likeness (QED) is 0.719. The lowest BCUT2D eigenvalue weighted by molar-refractivity contribution is 0.210. The summed E-state index contributed by atoms with van der Waals surface area (Å²) in [5.41, 5.74) is 8.69. The summed E-state index contributed by atoms with van der Waals surface area (Å²) in [6.45, 7) is 7.14. The first-order valence-electron chi connectivity index (χ1n) is 5.92. The number of amides is 1. The van der Waals surface area contributed by atoms with Crippen molar-refractivity contribution >= 4 is 23.2 Å². The summed E-state index contributed by atoms with van der Waals surface area (Å²) < 4.78 is 0. The Hall–Kier alpha value is -1.91. The Morgan fingerprint density at radius 1 is 1.50 bits per heavy atom. The fraction of sp³-hybridized carbons (Fsp3) is 0.462. The minimum absolute atomic E-state index is 0.429. The largest absolute Gasteiger partial charge is 0.465 e. The first-order chi connectivity index (χ1) is 8.31. The van der Waals surface area contributed by atoms with E-state index in [-0.39, 0.29) is 0 Å². The van der Waals surface area contributed by atoms with Crippen molar-refractivity contribution in [1.82, 2.24) is 0 Å². The maximum atomic E-state index is 10.7. The number of nitrogens with one attached hydrogen (secondary N) is 1. The Kier molecular flexibility index (Phi) is 4.42. The zero-order valence-electron chi connectivity index (χ0n) is 11.3. The van der Waals surface area contributed by atoms with E-state index in [2.05, 4.69) is 24.1 Å². The van der Waals surface area contributed by atoms with Crippen LogP contribution in [0, 0.1) is 12.8 Å². The number of aryl methyl sites for hydroxylation is 1. The standard InChI is InChI=1S/C13H21N3O2/c1-8(2)7-16(4)12-6-11(15-13(17)18)10(14)5-9(12)3/h5-6,8,15H,7,14H2,1-4H3,(H,17,18). The van der Waals surface area contributed by atoms with E-state index in [9.17, 15) is 4.79 Å². The van der Waals surface area contributed by atoms with Gasteiger partial charge in [-0.15, -0.1) is 0 Å². The highest BCUT2D eigenvalue weighted by atomic mass is 16.4. The molecule has 0 aliphatic carbocycles. The molecule has 0 aromatic heterocycles. The molecule has 0 atom stereocenters. The van der Waals surface area contributed by atoms with Gasteiger partial charge < -0.3 is 15.7 Å². The van der Waals surface area contributed by atoms with Gasteiger partial charge in [0, 0.05) is 19.3 Å². The van der Waals surface area contributed by atoms with Gasteiger partial charge in [-0.1, -0.05) is 13.8 Å². The van der Waals surface area contributed by atoms with Gasteiger partial charge in [-0.25, -0.2) is 4.79 Å². The third-order valence-corrected chi connectivity index (χ3v) is 2.66. The predicted molar refractivity (Wildman–Crippen MR) is 75.3 cm³/mol. The van der Waals surface area contributed by atoms with Gasteiger partial charge in [0.05, 0.1) is 11.4 Å². The summed E-state index contributed by atoms with van der Waals surface area (Å²) in [4.78, 5) is 12.8.